The van der Waals surface area contributed by atoms with Gasteiger partial charge in [0.05, 0.1) is 4.88 Å². The molecule has 0 fully saturated rings. The lowest BCUT2D eigenvalue weighted by Gasteiger charge is -2.06. The molecule has 0 aliphatic heterocycles. The van der Waals surface area contributed by atoms with Gasteiger partial charge in [0.15, 0.2) is 0 Å². The molecule has 22 heavy (non-hydrogen) atoms. The Balaban J connectivity index is 1.76. The van der Waals surface area contributed by atoms with Crippen molar-refractivity contribution in [2.75, 3.05) is 13.1 Å². The largest absolute Gasteiger partial charge is 0.508 e. The van der Waals surface area contributed by atoms with Crippen LogP contribution in [-0.4, -0.2) is 30.0 Å². The Kier molecular flexibility index (Phi) is 5.16. The number of phenols is 1. The summed E-state index contributed by atoms with van der Waals surface area (Å²) >= 11 is 1.46. The second-order valence-electron chi connectivity index (χ2n) is 4.91. The molecule has 2 rings (SSSR count). The molecule has 1 heterocycles. The van der Waals surface area contributed by atoms with Gasteiger partial charge in [-0.3, -0.25) is 9.59 Å². The van der Waals surface area contributed by atoms with Crippen molar-refractivity contribution >= 4 is 23.2 Å². The number of carbonyl (C=O) groups is 2. The minimum atomic E-state index is -0.239. The zero-order valence-electron chi connectivity index (χ0n) is 12.5. The first-order valence-corrected chi connectivity index (χ1v) is 7.71. The topological polar surface area (TPSA) is 78.4 Å². The van der Waals surface area contributed by atoms with Gasteiger partial charge >= 0.3 is 0 Å². The maximum atomic E-state index is 11.9. The fourth-order valence-corrected chi connectivity index (χ4v) is 2.79. The van der Waals surface area contributed by atoms with Crippen molar-refractivity contribution in [1.29, 1.82) is 0 Å². The lowest BCUT2D eigenvalue weighted by molar-refractivity contribution is 0.0929. The molecule has 0 saturated heterocycles. The van der Waals surface area contributed by atoms with E-state index < -0.39 is 0 Å². The van der Waals surface area contributed by atoms with Gasteiger partial charge in [-0.25, -0.2) is 0 Å². The number of carbonyl (C=O) groups excluding carboxylic acids is 2. The van der Waals surface area contributed by atoms with Gasteiger partial charge in [-0.1, -0.05) is 0 Å². The summed E-state index contributed by atoms with van der Waals surface area (Å²) in [6, 6.07) is 7.86. The lowest BCUT2D eigenvalue weighted by atomic mass is 10.2. The fourth-order valence-electron chi connectivity index (χ4n) is 1.84. The number of aromatic hydroxyl groups is 1. The second-order valence-corrected chi connectivity index (χ2v) is 6.16. The molecule has 0 atom stereocenters. The third-order valence-electron chi connectivity index (χ3n) is 3.22. The van der Waals surface area contributed by atoms with Crippen LogP contribution in [0.5, 0.6) is 5.75 Å². The summed E-state index contributed by atoms with van der Waals surface area (Å²) in [5.41, 5.74) is 1.57. The van der Waals surface area contributed by atoms with Crippen LogP contribution < -0.4 is 10.6 Å². The van der Waals surface area contributed by atoms with Crippen molar-refractivity contribution in [2.24, 2.45) is 0 Å². The average Bonchev–Trinajstić information content (AvgIpc) is 2.83. The van der Waals surface area contributed by atoms with Crippen molar-refractivity contribution in [2.45, 2.75) is 13.8 Å². The van der Waals surface area contributed by atoms with Crippen molar-refractivity contribution in [1.82, 2.24) is 10.6 Å². The number of benzene rings is 1. The summed E-state index contributed by atoms with van der Waals surface area (Å²) in [7, 11) is 0. The van der Waals surface area contributed by atoms with Crippen molar-refractivity contribution < 1.29 is 14.7 Å². The van der Waals surface area contributed by atoms with E-state index in [-0.39, 0.29) is 17.6 Å². The van der Waals surface area contributed by atoms with Crippen LogP contribution in [0.1, 0.15) is 30.5 Å². The van der Waals surface area contributed by atoms with Crippen LogP contribution >= 0.6 is 11.3 Å². The molecule has 0 saturated carbocycles. The third-order valence-corrected chi connectivity index (χ3v) is 4.37. The van der Waals surface area contributed by atoms with Gasteiger partial charge in [-0.2, -0.15) is 0 Å². The number of aryl methyl sites for hydroxylation is 2. The molecule has 2 aromatic rings. The summed E-state index contributed by atoms with van der Waals surface area (Å²) in [5, 5.41) is 14.6. The van der Waals surface area contributed by atoms with Gasteiger partial charge in [-0.05, 0) is 49.7 Å². The Hall–Kier alpha value is -2.34. The Bertz CT molecular complexity index is 658. The first-order chi connectivity index (χ1) is 10.5. The van der Waals surface area contributed by atoms with Gasteiger partial charge in [0, 0.05) is 23.5 Å². The number of thiophene rings is 1. The van der Waals surface area contributed by atoms with Gasteiger partial charge < -0.3 is 15.7 Å². The molecule has 0 spiro atoms. The maximum absolute atomic E-state index is 11.9. The minimum absolute atomic E-state index is 0.116. The number of phenolic OH excluding ortho intramolecular Hbond substituents is 1. The van der Waals surface area contributed by atoms with Gasteiger partial charge in [0.2, 0.25) is 0 Å². The van der Waals surface area contributed by atoms with Crippen molar-refractivity contribution in [3.8, 4) is 5.75 Å². The number of nitrogens with one attached hydrogen (secondary N) is 2. The quantitative estimate of drug-likeness (QED) is 0.740. The van der Waals surface area contributed by atoms with E-state index in [1.54, 1.807) is 12.1 Å². The maximum Gasteiger partial charge on any atom is 0.261 e. The van der Waals surface area contributed by atoms with E-state index in [0.717, 1.165) is 10.4 Å². The van der Waals surface area contributed by atoms with Crippen LogP contribution in [0, 0.1) is 13.8 Å². The highest BCUT2D eigenvalue weighted by atomic mass is 32.1. The fraction of sp³-hybridized carbons (Fsp3) is 0.250. The standard InChI is InChI=1S/C16H18N2O3S/c1-10-9-14(22-11(10)2)16(21)18-8-7-17-15(20)12-3-5-13(19)6-4-12/h3-6,9,19H,7-8H2,1-2H3,(H,17,20)(H,18,21). The molecular weight excluding hydrogens is 300 g/mol. The number of rotatable bonds is 5. The molecule has 5 nitrogen and oxygen atoms in total. The highest BCUT2D eigenvalue weighted by Gasteiger charge is 2.10. The summed E-state index contributed by atoms with van der Waals surface area (Å²) in [5.74, 6) is -0.248. The normalized spacial score (nSPS) is 10.3. The molecule has 3 N–H and O–H groups in total. The van der Waals surface area contributed by atoms with Crippen LogP contribution in [0.4, 0.5) is 0 Å². The molecule has 1 aromatic carbocycles. The average molecular weight is 318 g/mol. The molecule has 0 bridgehead atoms. The van der Waals surface area contributed by atoms with Crippen LogP contribution in [0.25, 0.3) is 0 Å². The van der Waals surface area contributed by atoms with Crippen LogP contribution in [0.2, 0.25) is 0 Å². The summed E-state index contributed by atoms with van der Waals surface area (Å²) < 4.78 is 0. The summed E-state index contributed by atoms with van der Waals surface area (Å²) in [6.45, 7) is 4.66. The zero-order valence-corrected chi connectivity index (χ0v) is 13.3. The molecule has 1 aromatic heterocycles. The number of hydrogen-bond acceptors (Lipinski definition) is 4. The molecule has 0 unspecified atom stereocenters. The zero-order chi connectivity index (χ0) is 16.1. The van der Waals surface area contributed by atoms with E-state index in [9.17, 15) is 9.59 Å². The molecule has 2 amide bonds. The Morgan fingerprint density at radius 3 is 2.18 bits per heavy atom. The SMILES string of the molecule is Cc1cc(C(=O)NCCNC(=O)c2ccc(O)cc2)sc1C. The van der Waals surface area contributed by atoms with Crippen LogP contribution in [0.15, 0.2) is 30.3 Å². The summed E-state index contributed by atoms with van der Waals surface area (Å²) in [4.78, 5) is 25.5. The molecule has 0 radical (unpaired) electrons. The highest BCUT2D eigenvalue weighted by molar-refractivity contribution is 7.14. The van der Waals surface area contributed by atoms with E-state index in [4.69, 9.17) is 5.11 Å². The Labute approximate surface area is 133 Å². The van der Waals surface area contributed by atoms with Gasteiger partial charge in [0.25, 0.3) is 11.8 Å². The van der Waals surface area contributed by atoms with E-state index in [1.165, 1.54) is 23.5 Å². The number of amides is 2. The summed E-state index contributed by atoms with van der Waals surface area (Å²) in [6.07, 6.45) is 0. The molecule has 0 aliphatic rings. The first-order valence-electron chi connectivity index (χ1n) is 6.90. The van der Waals surface area contributed by atoms with Crippen LogP contribution in [0.3, 0.4) is 0 Å². The molecule has 6 heteroatoms. The van der Waals surface area contributed by atoms with Crippen molar-refractivity contribution in [3.63, 3.8) is 0 Å². The molecular formula is C16H18N2O3S. The van der Waals surface area contributed by atoms with E-state index in [0.29, 0.717) is 23.5 Å². The minimum Gasteiger partial charge on any atom is -0.508 e. The van der Waals surface area contributed by atoms with E-state index in [1.807, 2.05) is 19.9 Å². The van der Waals surface area contributed by atoms with Crippen LogP contribution in [-0.2, 0) is 0 Å². The van der Waals surface area contributed by atoms with Gasteiger partial charge in [-0.15, -0.1) is 11.3 Å². The number of hydrogen-bond donors (Lipinski definition) is 3. The highest BCUT2D eigenvalue weighted by Crippen LogP contribution is 2.20. The second kappa shape index (κ2) is 7.09. The Morgan fingerprint density at radius 1 is 1.05 bits per heavy atom. The van der Waals surface area contributed by atoms with Gasteiger partial charge in [0.1, 0.15) is 5.75 Å². The third kappa shape index (κ3) is 4.08. The lowest BCUT2D eigenvalue weighted by Crippen LogP contribution is -2.34. The molecule has 116 valence electrons. The van der Waals surface area contributed by atoms with E-state index in [2.05, 4.69) is 10.6 Å². The monoisotopic (exact) mass is 318 g/mol. The Morgan fingerprint density at radius 2 is 1.64 bits per heavy atom. The first kappa shape index (κ1) is 16.0. The van der Waals surface area contributed by atoms with E-state index >= 15 is 0 Å². The van der Waals surface area contributed by atoms with Crippen molar-refractivity contribution in [3.05, 3.63) is 51.2 Å². The predicted molar refractivity (Wildman–Crippen MR) is 86.6 cm³/mol. The smallest absolute Gasteiger partial charge is 0.261 e. The molecule has 0 aliphatic carbocycles. The predicted octanol–water partition coefficient (Wildman–Crippen LogP) is 2.23.